The molecule has 158 valence electrons. The zero-order valence-corrected chi connectivity index (χ0v) is 17.3. The molecule has 1 aliphatic rings. The first kappa shape index (κ1) is 21.4. The number of hydrogen-bond donors (Lipinski definition) is 3. The highest BCUT2D eigenvalue weighted by Crippen LogP contribution is 2.44. The Labute approximate surface area is 175 Å². The van der Waals surface area contributed by atoms with Gasteiger partial charge in [0.05, 0.1) is 0 Å². The van der Waals surface area contributed by atoms with Crippen molar-refractivity contribution in [3.05, 3.63) is 59.7 Å². The fourth-order valence-electron chi connectivity index (χ4n) is 3.58. The van der Waals surface area contributed by atoms with Crippen LogP contribution in [0.4, 0.5) is 4.79 Å². The molecule has 30 heavy (non-hydrogen) atoms. The van der Waals surface area contributed by atoms with E-state index >= 15 is 0 Å². The minimum absolute atomic E-state index is 0.0806. The molecular formula is C23H26N2O5. The van der Waals surface area contributed by atoms with Gasteiger partial charge in [-0.3, -0.25) is 4.79 Å². The summed E-state index contributed by atoms with van der Waals surface area (Å²) in [7, 11) is 0. The molecule has 3 rings (SSSR count). The van der Waals surface area contributed by atoms with E-state index in [0.29, 0.717) is 6.42 Å². The molecule has 2 amide bonds. The van der Waals surface area contributed by atoms with E-state index in [4.69, 9.17) is 9.84 Å². The first-order chi connectivity index (χ1) is 14.2. The highest BCUT2D eigenvalue weighted by molar-refractivity contribution is 5.90. The van der Waals surface area contributed by atoms with Crippen LogP contribution in [0.2, 0.25) is 0 Å². The fourth-order valence-corrected chi connectivity index (χ4v) is 3.58. The minimum atomic E-state index is -1.44. The summed E-state index contributed by atoms with van der Waals surface area (Å²) < 4.78 is 5.45. The molecule has 0 heterocycles. The Morgan fingerprint density at radius 3 is 2.07 bits per heavy atom. The molecule has 2 aromatic carbocycles. The van der Waals surface area contributed by atoms with Gasteiger partial charge in [-0.05, 0) is 42.5 Å². The third-order valence-corrected chi connectivity index (χ3v) is 5.33. The van der Waals surface area contributed by atoms with Crippen LogP contribution < -0.4 is 10.6 Å². The Morgan fingerprint density at radius 2 is 1.57 bits per heavy atom. The number of nitrogens with one attached hydrogen (secondary N) is 2. The maximum atomic E-state index is 12.4. The Kier molecular flexibility index (Phi) is 6.10. The molecule has 2 aromatic rings. The summed E-state index contributed by atoms with van der Waals surface area (Å²) in [5, 5.41) is 14.1. The lowest BCUT2D eigenvalue weighted by atomic mass is 9.98. The van der Waals surface area contributed by atoms with Gasteiger partial charge in [-0.15, -0.1) is 0 Å². The summed E-state index contributed by atoms with van der Waals surface area (Å²) in [4.78, 5) is 36.0. The van der Waals surface area contributed by atoms with E-state index in [2.05, 4.69) is 22.8 Å². The number of benzene rings is 2. The SMILES string of the molecule is CC[C@@H](NC(=O)OCC1c2ccccc2-c2ccccc21)C(=O)NC(C)(C)C(=O)O. The van der Waals surface area contributed by atoms with Gasteiger partial charge in [0.15, 0.2) is 0 Å². The first-order valence-corrected chi connectivity index (χ1v) is 9.91. The molecule has 1 atom stereocenters. The highest BCUT2D eigenvalue weighted by atomic mass is 16.5. The van der Waals surface area contributed by atoms with Crippen molar-refractivity contribution in [3.63, 3.8) is 0 Å². The topological polar surface area (TPSA) is 105 Å². The van der Waals surface area contributed by atoms with E-state index in [9.17, 15) is 14.4 Å². The third kappa shape index (κ3) is 4.30. The molecule has 0 aliphatic heterocycles. The van der Waals surface area contributed by atoms with E-state index in [1.807, 2.05) is 36.4 Å². The predicted molar refractivity (Wildman–Crippen MR) is 112 cm³/mol. The number of fused-ring (bicyclic) bond motifs is 3. The molecule has 1 aliphatic carbocycles. The second-order valence-corrected chi connectivity index (χ2v) is 7.85. The van der Waals surface area contributed by atoms with Gasteiger partial charge in [-0.1, -0.05) is 55.5 Å². The molecule has 7 heteroatoms. The molecule has 0 radical (unpaired) electrons. The number of carbonyl (C=O) groups is 3. The van der Waals surface area contributed by atoms with Crippen LogP contribution in [0, 0.1) is 0 Å². The van der Waals surface area contributed by atoms with Gasteiger partial charge >= 0.3 is 12.1 Å². The summed E-state index contributed by atoms with van der Waals surface area (Å²) in [5.41, 5.74) is 3.01. The molecule has 7 nitrogen and oxygen atoms in total. The summed E-state index contributed by atoms with van der Waals surface area (Å²) in [6, 6.07) is 15.1. The summed E-state index contributed by atoms with van der Waals surface area (Å²) in [5.74, 6) is -1.81. The van der Waals surface area contributed by atoms with Crippen LogP contribution in [0.15, 0.2) is 48.5 Å². The first-order valence-electron chi connectivity index (χ1n) is 9.91. The average Bonchev–Trinajstić information content (AvgIpc) is 3.04. The van der Waals surface area contributed by atoms with Gasteiger partial charge in [-0.25, -0.2) is 9.59 Å². The smallest absolute Gasteiger partial charge is 0.407 e. The predicted octanol–water partition coefficient (Wildman–Crippen LogP) is 3.28. The molecule has 0 aromatic heterocycles. The van der Waals surface area contributed by atoms with Crippen LogP contribution >= 0.6 is 0 Å². The van der Waals surface area contributed by atoms with E-state index in [1.54, 1.807) is 6.92 Å². The van der Waals surface area contributed by atoms with E-state index in [0.717, 1.165) is 22.3 Å². The minimum Gasteiger partial charge on any atom is -0.480 e. The molecule has 0 fully saturated rings. The van der Waals surface area contributed by atoms with Crippen molar-refractivity contribution < 1.29 is 24.2 Å². The van der Waals surface area contributed by atoms with Crippen LogP contribution in [-0.2, 0) is 14.3 Å². The number of hydrogen-bond acceptors (Lipinski definition) is 4. The number of alkyl carbamates (subject to hydrolysis) is 1. The molecule has 0 saturated carbocycles. The van der Waals surface area contributed by atoms with Crippen LogP contribution in [0.1, 0.15) is 44.2 Å². The average molecular weight is 410 g/mol. The lowest BCUT2D eigenvalue weighted by molar-refractivity contribution is -0.146. The van der Waals surface area contributed by atoms with Crippen molar-refractivity contribution in [3.8, 4) is 11.1 Å². The van der Waals surface area contributed by atoms with Gasteiger partial charge in [0.2, 0.25) is 5.91 Å². The number of ether oxygens (including phenoxy) is 1. The second kappa shape index (κ2) is 8.57. The monoisotopic (exact) mass is 410 g/mol. The van der Waals surface area contributed by atoms with Crippen LogP contribution in [0.5, 0.6) is 0 Å². The maximum Gasteiger partial charge on any atom is 0.407 e. The van der Waals surface area contributed by atoms with E-state index < -0.39 is 29.6 Å². The Bertz CT molecular complexity index is 924. The van der Waals surface area contributed by atoms with Gasteiger partial charge < -0.3 is 20.5 Å². The summed E-state index contributed by atoms with van der Waals surface area (Å²) >= 11 is 0. The summed E-state index contributed by atoms with van der Waals surface area (Å²) in [6.07, 6.45) is -0.418. The van der Waals surface area contributed by atoms with Crippen molar-refractivity contribution >= 4 is 18.0 Å². The fraction of sp³-hybridized carbons (Fsp3) is 0.348. The Morgan fingerprint density at radius 1 is 1.03 bits per heavy atom. The molecule has 0 unspecified atom stereocenters. The molecule has 0 spiro atoms. The van der Waals surface area contributed by atoms with Gasteiger partial charge in [0.25, 0.3) is 0 Å². The van der Waals surface area contributed by atoms with Crippen LogP contribution in [0.25, 0.3) is 11.1 Å². The number of carboxylic acid groups (broad SMARTS) is 1. The van der Waals surface area contributed by atoms with Gasteiger partial charge in [0.1, 0.15) is 18.2 Å². The second-order valence-electron chi connectivity index (χ2n) is 7.85. The molecule has 0 bridgehead atoms. The van der Waals surface area contributed by atoms with Gasteiger partial charge in [-0.2, -0.15) is 0 Å². The third-order valence-electron chi connectivity index (χ3n) is 5.33. The number of aliphatic carboxylic acids is 1. The van der Waals surface area contributed by atoms with Crippen LogP contribution in [0.3, 0.4) is 0 Å². The molecular weight excluding hydrogens is 384 g/mol. The van der Waals surface area contributed by atoms with E-state index in [-0.39, 0.29) is 12.5 Å². The van der Waals surface area contributed by atoms with Crippen molar-refractivity contribution in [2.75, 3.05) is 6.61 Å². The zero-order valence-electron chi connectivity index (χ0n) is 17.3. The quantitative estimate of drug-likeness (QED) is 0.650. The zero-order chi connectivity index (χ0) is 21.9. The lowest BCUT2D eigenvalue weighted by Crippen LogP contribution is -2.56. The number of carboxylic acids is 1. The van der Waals surface area contributed by atoms with Crippen molar-refractivity contribution in [1.82, 2.24) is 10.6 Å². The Balaban J connectivity index is 1.64. The van der Waals surface area contributed by atoms with Crippen LogP contribution in [-0.4, -0.2) is 41.3 Å². The summed E-state index contributed by atoms with van der Waals surface area (Å²) in [6.45, 7) is 4.63. The molecule has 0 saturated heterocycles. The number of rotatable bonds is 7. The number of carbonyl (C=O) groups excluding carboxylic acids is 2. The van der Waals surface area contributed by atoms with Crippen molar-refractivity contribution in [2.24, 2.45) is 0 Å². The largest absolute Gasteiger partial charge is 0.480 e. The highest BCUT2D eigenvalue weighted by Gasteiger charge is 2.33. The van der Waals surface area contributed by atoms with Gasteiger partial charge in [0, 0.05) is 5.92 Å². The maximum absolute atomic E-state index is 12.4. The normalized spacial score (nSPS) is 13.7. The standard InChI is InChI=1S/C23H26N2O5/c1-4-19(20(26)25-23(2,3)21(27)28)24-22(29)30-13-18-16-11-7-5-9-14(16)15-10-6-8-12-17(15)18/h5-12,18-19H,4,13H2,1-3H3,(H,24,29)(H,25,26)(H,27,28)/t19-/m1/s1. The van der Waals surface area contributed by atoms with Crippen molar-refractivity contribution in [1.29, 1.82) is 0 Å². The lowest BCUT2D eigenvalue weighted by Gasteiger charge is -2.25. The number of amides is 2. The van der Waals surface area contributed by atoms with E-state index in [1.165, 1.54) is 13.8 Å². The molecule has 3 N–H and O–H groups in total. The Hall–Kier alpha value is -3.35. The van der Waals surface area contributed by atoms with Crippen molar-refractivity contribution in [2.45, 2.75) is 44.7 Å².